The average Bonchev–Trinajstić information content (AvgIpc) is 3.72. The van der Waals surface area contributed by atoms with Gasteiger partial charge in [0.2, 0.25) is 0 Å². The zero-order chi connectivity index (χ0) is 42.9. The summed E-state index contributed by atoms with van der Waals surface area (Å²) in [6.07, 6.45) is 2.43. The third kappa shape index (κ3) is 15.2. The van der Waals surface area contributed by atoms with Crippen LogP contribution >= 0.6 is 0 Å². The lowest BCUT2D eigenvalue weighted by Gasteiger charge is -2.33. The van der Waals surface area contributed by atoms with E-state index in [0.717, 1.165) is 103 Å². The predicted molar refractivity (Wildman–Crippen MR) is 235 cm³/mol. The van der Waals surface area contributed by atoms with Crippen molar-refractivity contribution in [3.63, 3.8) is 0 Å². The molecule has 6 rings (SSSR count). The highest BCUT2D eigenvalue weighted by Gasteiger charge is 2.35. The number of likely N-dealkylation sites (N-methyl/N-ethyl adjacent to an activating group) is 2. The van der Waals surface area contributed by atoms with E-state index in [1.54, 1.807) is 45.0 Å². The molecule has 0 spiro atoms. The molecule has 3 saturated heterocycles. The van der Waals surface area contributed by atoms with Crippen LogP contribution in [0.2, 0.25) is 0 Å². The number of carbonyl (C=O) groups is 2. The largest absolute Gasteiger partial charge is 0.388 e. The highest BCUT2D eigenvalue weighted by Crippen LogP contribution is 2.26. The Kier molecular flexibility index (Phi) is 19.3. The fourth-order valence-electron chi connectivity index (χ4n) is 7.55. The van der Waals surface area contributed by atoms with Crippen LogP contribution < -0.4 is 5.32 Å². The molecule has 3 aliphatic heterocycles. The number of benzene rings is 3. The van der Waals surface area contributed by atoms with E-state index in [-0.39, 0.29) is 11.6 Å². The minimum atomic E-state index is -1.40. The molecule has 0 bridgehead atoms. The van der Waals surface area contributed by atoms with Gasteiger partial charge in [-0.25, -0.2) is 0 Å². The van der Waals surface area contributed by atoms with Crippen LogP contribution in [0.3, 0.4) is 0 Å². The Hall–Kier alpha value is -3.40. The van der Waals surface area contributed by atoms with Gasteiger partial charge in [0, 0.05) is 45.8 Å². The fourth-order valence-corrected chi connectivity index (χ4v) is 7.55. The standard InChI is InChI=1S/C16H26N2O2.C16H24N2O2.C15H22N2O2/c2*1-16(20,14-7-4-3-5-8-14)15(19)13-18-10-6-9-17(2)11-12-18;1-15(19,13-6-3-2-4-7-13)14(18)12-17-10-5-8-16-9-11-17/h3-5,7-8,15,19-20H,6,9-13H2,1-2H3;3-5,7-8,20H,6,9-13H2,1-2H3;2-4,6-7,16,19H,5,8-12H2,1H3. The van der Waals surface area contributed by atoms with Crippen LogP contribution in [-0.4, -0.2) is 175 Å². The SMILES string of the molecule is CC(O)(C(=O)CN1CCCNCC1)c1ccccc1.CN1CCCN(CC(=O)C(C)(O)c2ccccc2)CC1.CN1CCCN(CC(O)C(C)(O)c2ccccc2)CC1. The Bertz CT molecular complexity index is 1650. The van der Waals surface area contributed by atoms with Gasteiger partial charge in [0.05, 0.1) is 19.2 Å². The summed E-state index contributed by atoms with van der Waals surface area (Å²) in [7, 11) is 4.23. The van der Waals surface area contributed by atoms with E-state index in [0.29, 0.717) is 30.8 Å². The van der Waals surface area contributed by atoms with E-state index in [2.05, 4.69) is 43.9 Å². The maximum absolute atomic E-state index is 12.4. The number of nitrogens with zero attached hydrogens (tertiary/aromatic N) is 5. The third-order valence-electron chi connectivity index (χ3n) is 12.0. The molecule has 12 heteroatoms. The van der Waals surface area contributed by atoms with Gasteiger partial charge in [-0.3, -0.25) is 24.3 Å². The lowest BCUT2D eigenvalue weighted by molar-refractivity contribution is -0.138. The summed E-state index contributed by atoms with van der Waals surface area (Å²) in [4.78, 5) is 35.8. The molecule has 0 amide bonds. The summed E-state index contributed by atoms with van der Waals surface area (Å²) >= 11 is 0. The molecule has 326 valence electrons. The molecule has 3 aromatic rings. The molecular formula is C47H72N6O6. The Morgan fingerprint density at radius 2 is 0.949 bits per heavy atom. The van der Waals surface area contributed by atoms with E-state index in [1.807, 2.05) is 66.7 Å². The van der Waals surface area contributed by atoms with Gasteiger partial charge in [0.1, 0.15) is 16.8 Å². The van der Waals surface area contributed by atoms with E-state index < -0.39 is 22.9 Å². The molecule has 3 fully saturated rings. The van der Waals surface area contributed by atoms with Gasteiger partial charge in [-0.1, -0.05) is 91.0 Å². The summed E-state index contributed by atoms with van der Waals surface area (Å²) in [6.45, 7) is 17.5. The molecule has 0 radical (unpaired) electrons. The normalized spacial score (nSPS) is 21.6. The molecule has 59 heavy (non-hydrogen) atoms. The summed E-state index contributed by atoms with van der Waals surface area (Å²) < 4.78 is 0. The number of β-amino-alcohol motifs (C(OH)–C–C–N with tert-alkyl or cyclic N) is 1. The third-order valence-corrected chi connectivity index (χ3v) is 12.0. The van der Waals surface area contributed by atoms with Crippen LogP contribution in [0.1, 0.15) is 56.7 Å². The first kappa shape index (κ1) is 48.3. The van der Waals surface area contributed by atoms with E-state index in [9.17, 15) is 30.0 Å². The van der Waals surface area contributed by atoms with Crippen LogP contribution in [-0.2, 0) is 26.4 Å². The molecule has 4 atom stereocenters. The minimum Gasteiger partial charge on any atom is -0.388 e. The summed E-state index contributed by atoms with van der Waals surface area (Å²) in [6, 6.07) is 27.7. The van der Waals surface area contributed by atoms with Gasteiger partial charge in [-0.15, -0.1) is 0 Å². The van der Waals surface area contributed by atoms with Crippen molar-refractivity contribution >= 4 is 11.6 Å². The van der Waals surface area contributed by atoms with Gasteiger partial charge < -0.3 is 35.5 Å². The van der Waals surface area contributed by atoms with Gasteiger partial charge in [0.25, 0.3) is 0 Å². The first-order valence-electron chi connectivity index (χ1n) is 21.4. The molecule has 3 aliphatic rings. The van der Waals surface area contributed by atoms with Gasteiger partial charge >= 0.3 is 0 Å². The summed E-state index contributed by atoms with van der Waals surface area (Å²) in [5.74, 6) is -0.270. The Morgan fingerprint density at radius 1 is 0.542 bits per heavy atom. The number of carbonyl (C=O) groups excluding carboxylic acids is 2. The lowest BCUT2D eigenvalue weighted by Crippen LogP contribution is -2.45. The number of nitrogens with one attached hydrogen (secondary N) is 1. The molecule has 4 unspecified atom stereocenters. The predicted octanol–water partition coefficient (Wildman–Crippen LogP) is 2.75. The molecule has 3 heterocycles. The quantitative estimate of drug-likeness (QED) is 0.184. The molecule has 3 aromatic carbocycles. The monoisotopic (exact) mass is 817 g/mol. The maximum atomic E-state index is 12.4. The zero-order valence-electron chi connectivity index (χ0n) is 36.3. The lowest BCUT2D eigenvalue weighted by atomic mass is 9.90. The number of rotatable bonds is 12. The smallest absolute Gasteiger partial charge is 0.182 e. The second-order valence-corrected chi connectivity index (χ2v) is 17.0. The second-order valence-electron chi connectivity index (χ2n) is 17.0. The number of aliphatic hydroxyl groups is 4. The van der Waals surface area contributed by atoms with Crippen molar-refractivity contribution in [3.05, 3.63) is 108 Å². The molecule has 0 aromatic heterocycles. The van der Waals surface area contributed by atoms with Crippen LogP contribution in [0.5, 0.6) is 0 Å². The minimum absolute atomic E-state index is 0.131. The molecule has 0 saturated carbocycles. The maximum Gasteiger partial charge on any atom is 0.182 e. The number of ketones is 2. The van der Waals surface area contributed by atoms with Crippen molar-refractivity contribution < 1.29 is 30.0 Å². The number of hydrogen-bond donors (Lipinski definition) is 5. The molecular weight excluding hydrogens is 745 g/mol. The van der Waals surface area contributed by atoms with Crippen molar-refractivity contribution in [2.24, 2.45) is 0 Å². The first-order valence-corrected chi connectivity index (χ1v) is 21.4. The van der Waals surface area contributed by atoms with Gasteiger partial charge in [-0.2, -0.15) is 0 Å². The van der Waals surface area contributed by atoms with Gasteiger partial charge in [0.15, 0.2) is 11.6 Å². The highest BCUT2D eigenvalue weighted by atomic mass is 16.3. The van der Waals surface area contributed by atoms with Crippen molar-refractivity contribution in [2.75, 3.05) is 112 Å². The van der Waals surface area contributed by atoms with Gasteiger partial charge in [-0.05, 0) is 110 Å². The van der Waals surface area contributed by atoms with Crippen LogP contribution in [0.4, 0.5) is 0 Å². The summed E-state index contributed by atoms with van der Waals surface area (Å²) in [5.41, 5.74) is -1.93. The first-order chi connectivity index (χ1) is 28.1. The van der Waals surface area contributed by atoms with E-state index >= 15 is 0 Å². The Balaban J connectivity index is 0.000000196. The highest BCUT2D eigenvalue weighted by molar-refractivity contribution is 5.90. The molecule has 5 N–H and O–H groups in total. The topological polar surface area (TPSA) is 143 Å². The van der Waals surface area contributed by atoms with Crippen molar-refractivity contribution in [2.45, 2.75) is 62.9 Å². The van der Waals surface area contributed by atoms with Crippen molar-refractivity contribution in [3.8, 4) is 0 Å². The summed E-state index contributed by atoms with van der Waals surface area (Å²) in [5, 5.41) is 45.3. The Morgan fingerprint density at radius 3 is 1.44 bits per heavy atom. The Labute approximate surface area is 353 Å². The number of aliphatic hydroxyl groups excluding tert-OH is 1. The molecule has 0 aliphatic carbocycles. The average molecular weight is 817 g/mol. The van der Waals surface area contributed by atoms with E-state index in [1.165, 1.54) is 0 Å². The number of Topliss-reactive ketones (excluding diaryl/α,β-unsaturated/α-hetero) is 2. The van der Waals surface area contributed by atoms with Crippen LogP contribution in [0, 0.1) is 0 Å². The van der Waals surface area contributed by atoms with E-state index in [4.69, 9.17) is 0 Å². The van der Waals surface area contributed by atoms with Crippen LogP contribution in [0.25, 0.3) is 0 Å². The van der Waals surface area contributed by atoms with Crippen molar-refractivity contribution in [1.82, 2.24) is 29.8 Å². The zero-order valence-corrected chi connectivity index (χ0v) is 36.3. The number of hydrogen-bond acceptors (Lipinski definition) is 12. The molecule has 12 nitrogen and oxygen atoms in total. The second kappa shape index (κ2) is 23.6. The fraction of sp³-hybridized carbons (Fsp3) is 0.574. The van der Waals surface area contributed by atoms with Crippen LogP contribution in [0.15, 0.2) is 91.0 Å². The van der Waals surface area contributed by atoms with Crippen molar-refractivity contribution in [1.29, 1.82) is 0 Å².